The number of carbonyl (C=O) groups excluding carboxylic acids is 1. The van der Waals surface area contributed by atoms with Crippen molar-refractivity contribution in [2.24, 2.45) is 0 Å². The normalized spacial score (nSPS) is 23.1. The molecule has 1 aromatic carbocycles. The molecule has 2 atom stereocenters. The molecule has 1 aromatic rings. The van der Waals surface area contributed by atoms with E-state index in [9.17, 15) is 4.79 Å². The van der Waals surface area contributed by atoms with E-state index in [1.54, 1.807) is 18.2 Å². The Morgan fingerprint density at radius 1 is 1.42 bits per heavy atom. The first kappa shape index (κ1) is 15.2. The second-order valence-corrected chi connectivity index (χ2v) is 7.34. The fraction of sp³-hybridized carbons (Fsp3) is 0.500. The Bertz CT molecular complexity index is 449. The van der Waals surface area contributed by atoms with Gasteiger partial charge in [-0.2, -0.15) is 11.8 Å². The van der Waals surface area contributed by atoms with Gasteiger partial charge in [-0.15, -0.1) is 0 Å². The Morgan fingerprint density at radius 2 is 2.21 bits per heavy atom. The number of hydrogen-bond acceptors (Lipinski definition) is 2. The SMILES string of the molecule is CSC1CCCC(NC(=O)c2cc(Cl)cc(Br)c2)C1. The molecule has 1 saturated carbocycles. The molecule has 1 fully saturated rings. The molecule has 0 heterocycles. The zero-order chi connectivity index (χ0) is 13.8. The van der Waals surface area contributed by atoms with Crippen LogP contribution in [-0.2, 0) is 0 Å². The monoisotopic (exact) mass is 361 g/mol. The molecule has 0 radical (unpaired) electrons. The average Bonchev–Trinajstić information content (AvgIpc) is 2.37. The lowest BCUT2D eigenvalue weighted by molar-refractivity contribution is 0.0928. The largest absolute Gasteiger partial charge is 0.349 e. The van der Waals surface area contributed by atoms with Crippen LogP contribution in [0.5, 0.6) is 0 Å². The summed E-state index contributed by atoms with van der Waals surface area (Å²) in [5.74, 6) is -0.0325. The predicted octanol–water partition coefficient (Wildman–Crippen LogP) is 4.51. The molecule has 0 saturated heterocycles. The molecule has 1 N–H and O–H groups in total. The minimum Gasteiger partial charge on any atom is -0.349 e. The van der Waals surface area contributed by atoms with E-state index in [0.717, 1.165) is 17.3 Å². The van der Waals surface area contributed by atoms with Gasteiger partial charge in [0.25, 0.3) is 5.91 Å². The third-order valence-corrected chi connectivity index (χ3v) is 5.19. The van der Waals surface area contributed by atoms with Gasteiger partial charge in [0.2, 0.25) is 0 Å². The molecule has 1 amide bonds. The second kappa shape index (κ2) is 7.00. The van der Waals surface area contributed by atoms with E-state index in [-0.39, 0.29) is 11.9 Å². The number of carbonyl (C=O) groups is 1. The van der Waals surface area contributed by atoms with Crippen molar-refractivity contribution < 1.29 is 4.79 Å². The summed E-state index contributed by atoms with van der Waals surface area (Å²) in [4.78, 5) is 12.2. The molecule has 5 heteroatoms. The zero-order valence-corrected chi connectivity index (χ0v) is 13.9. The van der Waals surface area contributed by atoms with Gasteiger partial charge < -0.3 is 5.32 Å². The smallest absolute Gasteiger partial charge is 0.251 e. The lowest BCUT2D eigenvalue weighted by atomic mass is 9.94. The summed E-state index contributed by atoms with van der Waals surface area (Å²) in [6.07, 6.45) is 6.73. The van der Waals surface area contributed by atoms with Gasteiger partial charge in [0.1, 0.15) is 0 Å². The van der Waals surface area contributed by atoms with Gasteiger partial charge in [0.15, 0.2) is 0 Å². The molecule has 0 aromatic heterocycles. The van der Waals surface area contributed by atoms with Gasteiger partial charge >= 0.3 is 0 Å². The van der Waals surface area contributed by atoms with Crippen molar-refractivity contribution >= 4 is 45.2 Å². The maximum absolute atomic E-state index is 12.2. The van der Waals surface area contributed by atoms with Crippen LogP contribution >= 0.6 is 39.3 Å². The zero-order valence-electron chi connectivity index (χ0n) is 10.8. The minimum absolute atomic E-state index is 0.0325. The van der Waals surface area contributed by atoms with E-state index in [1.807, 2.05) is 11.8 Å². The van der Waals surface area contributed by atoms with Crippen LogP contribution < -0.4 is 5.32 Å². The number of thioether (sulfide) groups is 1. The Kier molecular flexibility index (Phi) is 5.60. The van der Waals surface area contributed by atoms with E-state index < -0.39 is 0 Å². The Morgan fingerprint density at radius 3 is 2.89 bits per heavy atom. The summed E-state index contributed by atoms with van der Waals surface area (Å²) < 4.78 is 0.829. The Balaban J connectivity index is 2.00. The second-order valence-electron chi connectivity index (χ2n) is 4.85. The van der Waals surface area contributed by atoms with E-state index >= 15 is 0 Å². The number of rotatable bonds is 3. The van der Waals surface area contributed by atoms with Gasteiger partial charge in [-0.05, 0) is 43.7 Å². The molecule has 1 aliphatic rings. The quantitative estimate of drug-likeness (QED) is 0.857. The fourth-order valence-electron chi connectivity index (χ4n) is 2.44. The maximum atomic E-state index is 12.2. The van der Waals surface area contributed by atoms with Gasteiger partial charge in [0, 0.05) is 26.4 Å². The molecular weight excluding hydrogens is 346 g/mol. The van der Waals surface area contributed by atoms with Crippen molar-refractivity contribution in [2.75, 3.05) is 6.26 Å². The number of halogens is 2. The predicted molar refractivity (Wildman–Crippen MR) is 86.2 cm³/mol. The van der Waals surface area contributed by atoms with Crippen molar-refractivity contribution in [3.05, 3.63) is 33.3 Å². The number of amides is 1. The van der Waals surface area contributed by atoms with Crippen LogP contribution in [0.3, 0.4) is 0 Å². The molecule has 2 unspecified atom stereocenters. The summed E-state index contributed by atoms with van der Waals surface area (Å²) in [5.41, 5.74) is 0.616. The van der Waals surface area contributed by atoms with E-state index in [1.165, 1.54) is 12.8 Å². The molecular formula is C14H17BrClNOS. The van der Waals surface area contributed by atoms with Gasteiger partial charge in [-0.1, -0.05) is 34.0 Å². The molecule has 2 nitrogen and oxygen atoms in total. The lowest BCUT2D eigenvalue weighted by Gasteiger charge is -2.28. The van der Waals surface area contributed by atoms with Crippen LogP contribution in [0, 0.1) is 0 Å². The summed E-state index contributed by atoms with van der Waals surface area (Å²) >= 11 is 11.2. The van der Waals surface area contributed by atoms with Crippen molar-refractivity contribution in [2.45, 2.75) is 37.0 Å². The van der Waals surface area contributed by atoms with Crippen LogP contribution in [0.1, 0.15) is 36.0 Å². The minimum atomic E-state index is -0.0325. The summed E-state index contributed by atoms with van der Waals surface area (Å²) in [6.45, 7) is 0. The highest BCUT2D eigenvalue weighted by Gasteiger charge is 2.23. The highest BCUT2D eigenvalue weighted by atomic mass is 79.9. The van der Waals surface area contributed by atoms with Crippen LogP contribution in [0.25, 0.3) is 0 Å². The third-order valence-electron chi connectivity index (χ3n) is 3.42. The molecule has 0 aliphatic heterocycles. The van der Waals surface area contributed by atoms with E-state index in [2.05, 4.69) is 27.5 Å². The highest BCUT2D eigenvalue weighted by Crippen LogP contribution is 2.27. The fourth-order valence-corrected chi connectivity index (χ4v) is 4.13. The van der Waals surface area contributed by atoms with Gasteiger partial charge in [0.05, 0.1) is 0 Å². The number of nitrogens with one attached hydrogen (secondary N) is 1. The van der Waals surface area contributed by atoms with Crippen molar-refractivity contribution in [3.63, 3.8) is 0 Å². The molecule has 0 bridgehead atoms. The third kappa shape index (κ3) is 4.40. The first-order valence-corrected chi connectivity index (χ1v) is 8.84. The first-order valence-electron chi connectivity index (χ1n) is 6.38. The van der Waals surface area contributed by atoms with Crippen LogP contribution in [0.15, 0.2) is 22.7 Å². The lowest BCUT2D eigenvalue weighted by Crippen LogP contribution is -2.39. The van der Waals surface area contributed by atoms with E-state index in [0.29, 0.717) is 15.8 Å². The molecule has 19 heavy (non-hydrogen) atoms. The Labute approximate surface area is 131 Å². The van der Waals surface area contributed by atoms with Gasteiger partial charge in [-0.25, -0.2) is 0 Å². The Hall–Kier alpha value is -0.190. The van der Waals surface area contributed by atoms with Crippen molar-refractivity contribution in [3.8, 4) is 0 Å². The highest BCUT2D eigenvalue weighted by molar-refractivity contribution is 9.10. The summed E-state index contributed by atoms with van der Waals surface area (Å²) in [6, 6.07) is 5.58. The average molecular weight is 363 g/mol. The number of benzene rings is 1. The summed E-state index contributed by atoms with van der Waals surface area (Å²) in [7, 11) is 0. The molecule has 1 aliphatic carbocycles. The van der Waals surface area contributed by atoms with Crippen LogP contribution in [0.2, 0.25) is 5.02 Å². The first-order chi connectivity index (χ1) is 9.08. The summed E-state index contributed by atoms with van der Waals surface area (Å²) in [5, 5.41) is 4.37. The van der Waals surface area contributed by atoms with Crippen LogP contribution in [0.4, 0.5) is 0 Å². The van der Waals surface area contributed by atoms with Crippen LogP contribution in [-0.4, -0.2) is 23.5 Å². The maximum Gasteiger partial charge on any atom is 0.251 e. The molecule has 0 spiro atoms. The van der Waals surface area contributed by atoms with Gasteiger partial charge in [-0.3, -0.25) is 4.79 Å². The topological polar surface area (TPSA) is 29.1 Å². The standard InChI is InChI=1S/C14H17BrClNOS/c1-19-13-4-2-3-12(8-13)17-14(18)9-5-10(15)7-11(16)6-9/h5-7,12-13H,2-4,8H2,1H3,(H,17,18). The van der Waals surface area contributed by atoms with E-state index in [4.69, 9.17) is 11.6 Å². The molecule has 104 valence electrons. The molecule has 2 rings (SSSR count). The van der Waals surface area contributed by atoms with Crippen molar-refractivity contribution in [1.82, 2.24) is 5.32 Å². The number of hydrogen-bond donors (Lipinski definition) is 1. The van der Waals surface area contributed by atoms with Crippen molar-refractivity contribution in [1.29, 1.82) is 0 Å².